The zero-order valence-corrected chi connectivity index (χ0v) is 10.4. The predicted octanol–water partition coefficient (Wildman–Crippen LogP) is 2.38. The molecule has 0 aliphatic heterocycles. The van der Waals surface area contributed by atoms with Gasteiger partial charge in [0.1, 0.15) is 5.69 Å². The van der Waals surface area contributed by atoms with E-state index in [2.05, 4.69) is 15.2 Å². The summed E-state index contributed by atoms with van der Waals surface area (Å²) in [7, 11) is 1.28. The number of nitrogens with zero attached hydrogens (tertiary/aromatic N) is 2. The van der Waals surface area contributed by atoms with Crippen LogP contribution < -0.4 is 5.32 Å². The average Bonchev–Trinajstić information content (AvgIpc) is 2.80. The van der Waals surface area contributed by atoms with Crippen molar-refractivity contribution in [3.8, 4) is 6.07 Å². The number of aromatic nitrogens is 1. The van der Waals surface area contributed by atoms with Crippen molar-refractivity contribution in [3.63, 3.8) is 0 Å². The van der Waals surface area contributed by atoms with Crippen LogP contribution in [0.15, 0.2) is 28.8 Å². The Kier molecular flexibility index (Phi) is 3.48. The predicted molar refractivity (Wildman–Crippen MR) is 67.0 cm³/mol. The number of methoxy groups -OCH3 is 1. The van der Waals surface area contributed by atoms with E-state index in [1.165, 1.54) is 7.11 Å². The van der Waals surface area contributed by atoms with E-state index >= 15 is 0 Å². The van der Waals surface area contributed by atoms with Gasteiger partial charge in [-0.25, -0.2) is 4.79 Å². The van der Waals surface area contributed by atoms with E-state index in [4.69, 9.17) is 9.78 Å². The van der Waals surface area contributed by atoms with Crippen LogP contribution in [0.4, 0.5) is 11.4 Å². The van der Waals surface area contributed by atoms with Crippen LogP contribution >= 0.6 is 0 Å². The quantitative estimate of drug-likeness (QED) is 0.849. The maximum absolute atomic E-state index is 11.5. The second-order valence-electron chi connectivity index (χ2n) is 3.77. The van der Waals surface area contributed by atoms with Gasteiger partial charge in [0.25, 0.3) is 0 Å². The van der Waals surface area contributed by atoms with Gasteiger partial charge in [0.15, 0.2) is 5.76 Å². The molecule has 1 aromatic carbocycles. The Hall–Kier alpha value is -2.81. The molecule has 2 aromatic rings. The lowest BCUT2D eigenvalue weighted by Gasteiger charge is -2.05. The molecule has 6 heteroatoms. The second-order valence-corrected chi connectivity index (χ2v) is 3.77. The van der Waals surface area contributed by atoms with Gasteiger partial charge in [-0.2, -0.15) is 5.26 Å². The van der Waals surface area contributed by atoms with Crippen molar-refractivity contribution in [2.75, 3.05) is 12.4 Å². The Morgan fingerprint density at radius 2 is 2.11 bits per heavy atom. The summed E-state index contributed by atoms with van der Waals surface area (Å²) in [4.78, 5) is 11.5. The maximum Gasteiger partial charge on any atom is 0.362 e. The number of rotatable bonds is 3. The monoisotopic (exact) mass is 257 g/mol. The van der Waals surface area contributed by atoms with Crippen LogP contribution in [0.5, 0.6) is 0 Å². The number of aryl methyl sites for hydroxylation is 1. The summed E-state index contributed by atoms with van der Waals surface area (Å²) >= 11 is 0. The van der Waals surface area contributed by atoms with Gasteiger partial charge in [0.05, 0.1) is 18.7 Å². The van der Waals surface area contributed by atoms with Crippen LogP contribution in [-0.4, -0.2) is 18.2 Å². The molecule has 0 atom stereocenters. The molecule has 0 saturated carbocycles. The van der Waals surface area contributed by atoms with Crippen LogP contribution in [0.3, 0.4) is 0 Å². The minimum atomic E-state index is -0.576. The fourth-order valence-electron chi connectivity index (χ4n) is 1.53. The van der Waals surface area contributed by atoms with Crippen LogP contribution in [0, 0.1) is 18.3 Å². The molecule has 0 spiro atoms. The first-order chi connectivity index (χ1) is 9.15. The summed E-state index contributed by atoms with van der Waals surface area (Å²) in [5.74, 6) is -0.0993. The van der Waals surface area contributed by atoms with Crippen molar-refractivity contribution in [3.05, 3.63) is 41.3 Å². The first kappa shape index (κ1) is 12.6. The lowest BCUT2D eigenvalue weighted by Crippen LogP contribution is -2.05. The van der Waals surface area contributed by atoms with Crippen molar-refractivity contribution in [1.82, 2.24) is 5.16 Å². The molecule has 1 aromatic heterocycles. The summed E-state index contributed by atoms with van der Waals surface area (Å²) in [5, 5.41) is 15.4. The van der Waals surface area contributed by atoms with Crippen LogP contribution in [0.25, 0.3) is 0 Å². The van der Waals surface area contributed by atoms with Gasteiger partial charge in [-0.15, -0.1) is 0 Å². The lowest BCUT2D eigenvalue weighted by molar-refractivity contribution is 0.0590. The number of carbonyl (C=O) groups is 1. The van der Waals surface area contributed by atoms with Gasteiger partial charge in [-0.05, 0) is 31.2 Å². The third kappa shape index (κ3) is 2.55. The summed E-state index contributed by atoms with van der Waals surface area (Å²) in [6.45, 7) is 1.69. The molecule has 2 rings (SSSR count). The highest BCUT2D eigenvalue weighted by molar-refractivity contribution is 5.94. The minimum Gasteiger partial charge on any atom is -0.464 e. The molecule has 0 amide bonds. The Morgan fingerprint density at radius 3 is 2.68 bits per heavy atom. The van der Waals surface area contributed by atoms with Crippen molar-refractivity contribution < 1.29 is 14.1 Å². The number of nitriles is 1. The first-order valence-corrected chi connectivity index (χ1v) is 5.47. The molecule has 1 N–H and O–H groups in total. The molecule has 0 aliphatic carbocycles. The molecule has 0 aliphatic rings. The van der Waals surface area contributed by atoms with Crippen molar-refractivity contribution in [2.24, 2.45) is 0 Å². The molecule has 0 saturated heterocycles. The van der Waals surface area contributed by atoms with E-state index in [0.29, 0.717) is 17.0 Å². The van der Waals surface area contributed by atoms with E-state index in [1.807, 2.05) is 6.07 Å². The average molecular weight is 257 g/mol. The molecule has 96 valence electrons. The number of benzene rings is 1. The lowest BCUT2D eigenvalue weighted by atomic mass is 10.2. The number of esters is 1. The smallest absolute Gasteiger partial charge is 0.362 e. The van der Waals surface area contributed by atoms with Gasteiger partial charge in [-0.3, -0.25) is 0 Å². The van der Waals surface area contributed by atoms with E-state index in [1.54, 1.807) is 31.2 Å². The highest BCUT2D eigenvalue weighted by atomic mass is 16.5. The number of nitrogens with one attached hydrogen (secondary N) is 1. The third-order valence-corrected chi connectivity index (χ3v) is 2.52. The fourth-order valence-corrected chi connectivity index (χ4v) is 1.53. The molecule has 0 unspecified atom stereocenters. The largest absolute Gasteiger partial charge is 0.464 e. The Bertz CT molecular complexity index is 638. The molecule has 0 bridgehead atoms. The number of ether oxygens (including phenoxy) is 1. The van der Waals surface area contributed by atoms with E-state index < -0.39 is 5.97 Å². The Morgan fingerprint density at radius 1 is 1.42 bits per heavy atom. The molecule has 19 heavy (non-hydrogen) atoms. The van der Waals surface area contributed by atoms with Gasteiger partial charge >= 0.3 is 5.97 Å². The Labute approximate surface area is 109 Å². The second kappa shape index (κ2) is 5.23. The maximum atomic E-state index is 11.5. The van der Waals surface area contributed by atoms with Crippen molar-refractivity contribution >= 4 is 17.3 Å². The van der Waals surface area contributed by atoms with Crippen LogP contribution in [0.1, 0.15) is 21.8 Å². The van der Waals surface area contributed by atoms with E-state index in [-0.39, 0.29) is 5.69 Å². The molecule has 0 fully saturated rings. The SMILES string of the molecule is COC(=O)c1noc(C)c1Nc1ccc(C#N)cc1. The van der Waals surface area contributed by atoms with Crippen molar-refractivity contribution in [1.29, 1.82) is 5.26 Å². The molecular weight excluding hydrogens is 246 g/mol. The van der Waals surface area contributed by atoms with E-state index in [0.717, 1.165) is 5.69 Å². The van der Waals surface area contributed by atoms with Crippen LogP contribution in [-0.2, 0) is 4.74 Å². The number of carbonyl (C=O) groups excluding carboxylic acids is 1. The minimum absolute atomic E-state index is 0.0874. The Balaban J connectivity index is 2.30. The molecule has 6 nitrogen and oxygen atoms in total. The first-order valence-electron chi connectivity index (χ1n) is 5.47. The van der Waals surface area contributed by atoms with E-state index in [9.17, 15) is 4.79 Å². The molecular formula is C13H11N3O3. The van der Waals surface area contributed by atoms with Gasteiger partial charge < -0.3 is 14.6 Å². The molecule has 1 heterocycles. The highest BCUT2D eigenvalue weighted by Crippen LogP contribution is 2.25. The number of anilines is 2. The normalized spacial score (nSPS) is 9.74. The van der Waals surface area contributed by atoms with Gasteiger partial charge in [-0.1, -0.05) is 5.16 Å². The van der Waals surface area contributed by atoms with Crippen molar-refractivity contribution in [2.45, 2.75) is 6.92 Å². The number of hydrogen-bond donors (Lipinski definition) is 1. The van der Waals surface area contributed by atoms with Gasteiger partial charge in [0, 0.05) is 5.69 Å². The summed E-state index contributed by atoms with van der Waals surface area (Å²) in [6, 6.07) is 8.83. The zero-order valence-electron chi connectivity index (χ0n) is 10.4. The number of hydrogen-bond acceptors (Lipinski definition) is 6. The topological polar surface area (TPSA) is 88.2 Å². The molecule has 0 radical (unpaired) electrons. The fraction of sp³-hybridized carbons (Fsp3) is 0.154. The summed E-state index contributed by atoms with van der Waals surface area (Å²) < 4.78 is 9.59. The highest BCUT2D eigenvalue weighted by Gasteiger charge is 2.20. The van der Waals surface area contributed by atoms with Gasteiger partial charge in [0.2, 0.25) is 5.69 Å². The summed E-state index contributed by atoms with van der Waals surface area (Å²) in [5.41, 5.74) is 1.82. The third-order valence-electron chi connectivity index (χ3n) is 2.52. The standard InChI is InChI=1S/C13H11N3O3/c1-8-11(12(16-19-8)13(17)18-2)15-10-5-3-9(7-14)4-6-10/h3-6,15H,1-2H3. The van der Waals surface area contributed by atoms with Crippen LogP contribution in [0.2, 0.25) is 0 Å². The zero-order chi connectivity index (χ0) is 13.8. The summed E-state index contributed by atoms with van der Waals surface area (Å²) in [6.07, 6.45) is 0.